The van der Waals surface area contributed by atoms with Crippen LogP contribution in [-0.2, 0) is 31.6 Å². The molecule has 181 valence electrons. The molecule has 1 aliphatic rings. The van der Waals surface area contributed by atoms with E-state index in [1.165, 1.54) is 0 Å². The van der Waals surface area contributed by atoms with Crippen LogP contribution in [0.25, 0.3) is 11.2 Å². The topological polar surface area (TPSA) is 279 Å². The Kier molecular flexibility index (Phi) is 9.28. The number of hydrogen-bond donors (Lipinski definition) is 7. The molecule has 2 unspecified atom stereocenters. The largest absolute Gasteiger partial charge is 0.490 e. The van der Waals surface area contributed by atoms with Crippen LogP contribution in [0.15, 0.2) is 6.33 Å². The van der Waals surface area contributed by atoms with Gasteiger partial charge in [0.1, 0.15) is 23.8 Å². The molecule has 1 saturated heterocycles. The van der Waals surface area contributed by atoms with Gasteiger partial charge in [-0.05, 0) is 11.6 Å². The average molecular weight is 565 g/mol. The number of phosphoric acid groups is 3. The van der Waals surface area contributed by atoms with Crippen molar-refractivity contribution in [1.82, 2.24) is 19.5 Å². The molecule has 0 saturated carbocycles. The second-order valence-corrected chi connectivity index (χ2v) is 10.9. The van der Waals surface area contributed by atoms with Crippen molar-refractivity contribution >= 4 is 81.6 Å². The molecule has 18 nitrogen and oxygen atoms in total. The van der Waals surface area contributed by atoms with Gasteiger partial charge in [0.15, 0.2) is 17.7 Å². The first kappa shape index (κ1) is 29.2. The van der Waals surface area contributed by atoms with Crippen LogP contribution in [0.2, 0.25) is 5.28 Å². The fourth-order valence-electron chi connectivity index (χ4n) is 2.66. The molecular formula is C10H15ClN5NaO13P3. The molecule has 0 bridgehead atoms. The smallest absolute Gasteiger partial charge is 0.387 e. The summed E-state index contributed by atoms with van der Waals surface area (Å²) >= 11 is 5.75. The van der Waals surface area contributed by atoms with Crippen molar-refractivity contribution in [3.05, 3.63) is 11.6 Å². The maximum absolute atomic E-state index is 11.8. The van der Waals surface area contributed by atoms with E-state index in [4.69, 9.17) is 36.8 Å². The summed E-state index contributed by atoms with van der Waals surface area (Å²) in [6.07, 6.45) is -5.05. The van der Waals surface area contributed by atoms with Crippen LogP contribution in [-0.4, -0.2) is 104 Å². The van der Waals surface area contributed by atoms with Gasteiger partial charge in [0.05, 0.1) is 12.9 Å². The number of phosphoric ester groups is 1. The minimum absolute atomic E-state index is 0. The first-order chi connectivity index (χ1) is 14.6. The van der Waals surface area contributed by atoms with Gasteiger partial charge in [-0.1, -0.05) is 0 Å². The second-order valence-electron chi connectivity index (χ2n) is 6.13. The zero-order chi connectivity index (χ0) is 24.1. The molecule has 0 spiro atoms. The van der Waals surface area contributed by atoms with Crippen molar-refractivity contribution in [2.75, 3.05) is 12.3 Å². The summed E-state index contributed by atoms with van der Waals surface area (Å²) in [5, 5.41) is 20.2. The molecule has 3 heterocycles. The van der Waals surface area contributed by atoms with E-state index in [1.807, 2.05) is 0 Å². The van der Waals surface area contributed by atoms with Crippen molar-refractivity contribution in [2.24, 2.45) is 0 Å². The van der Waals surface area contributed by atoms with Gasteiger partial charge in [0.2, 0.25) is 5.28 Å². The Morgan fingerprint density at radius 2 is 1.73 bits per heavy atom. The van der Waals surface area contributed by atoms with Gasteiger partial charge in [-0.2, -0.15) is 18.6 Å². The van der Waals surface area contributed by atoms with E-state index < -0.39 is 54.6 Å². The zero-order valence-electron chi connectivity index (χ0n) is 16.2. The van der Waals surface area contributed by atoms with Crippen LogP contribution in [0.4, 0.5) is 5.82 Å². The molecular weight excluding hydrogens is 549 g/mol. The molecule has 33 heavy (non-hydrogen) atoms. The van der Waals surface area contributed by atoms with E-state index in [1.54, 1.807) is 0 Å². The number of aliphatic hydroxyl groups excluding tert-OH is 2. The normalized spacial score (nSPS) is 27.1. The number of imidazole rings is 1. The number of nitrogens with two attached hydrogens (primary N) is 1. The molecule has 23 heteroatoms. The Balaban J connectivity index is 0.00000385. The van der Waals surface area contributed by atoms with Crippen molar-refractivity contribution < 1.29 is 61.4 Å². The average Bonchev–Trinajstić information content (AvgIpc) is 3.12. The van der Waals surface area contributed by atoms with E-state index in [2.05, 4.69) is 28.1 Å². The Hall–Kier alpha value is -0.0700. The minimum Gasteiger partial charge on any atom is -0.387 e. The van der Waals surface area contributed by atoms with Gasteiger partial charge in [-0.15, -0.1) is 0 Å². The molecule has 1 aliphatic heterocycles. The second kappa shape index (κ2) is 10.5. The third-order valence-corrected chi connectivity index (χ3v) is 7.82. The molecule has 0 amide bonds. The molecule has 1 radical (unpaired) electrons. The summed E-state index contributed by atoms with van der Waals surface area (Å²) in [5.41, 5.74) is 5.83. The Morgan fingerprint density at radius 1 is 1.09 bits per heavy atom. The molecule has 6 atom stereocenters. The standard InChI is InChI=1S/C10H15ClN5O13P3.Na/c11-10-14-7(12)4-8(15-10)16(2-13-4)9-6(18)5(17)3(27-9)1-26-31(22,23)29-32(24,25)28-30(19,20)21;/h2-3,5-6,9,17-18H,1H2,(H,22,23)(H,24,25)(H2,12,14,15)(H2,19,20,21);/t3-,5-,6-,9-;/m1./s1. The Labute approximate surface area is 210 Å². The molecule has 0 aliphatic carbocycles. The fourth-order valence-corrected chi connectivity index (χ4v) is 5.87. The summed E-state index contributed by atoms with van der Waals surface area (Å²) in [4.78, 5) is 47.2. The van der Waals surface area contributed by atoms with Gasteiger partial charge < -0.3 is 40.3 Å². The summed E-state index contributed by atoms with van der Waals surface area (Å²) in [7, 11) is -16.7. The molecule has 1 fully saturated rings. The van der Waals surface area contributed by atoms with Gasteiger partial charge in [0.25, 0.3) is 0 Å². The number of halogens is 1. The van der Waals surface area contributed by atoms with E-state index in [-0.39, 0.29) is 51.8 Å². The third-order valence-electron chi connectivity index (χ3n) is 3.85. The number of nitrogen functional groups attached to an aromatic ring is 1. The van der Waals surface area contributed by atoms with E-state index in [0.29, 0.717) is 0 Å². The molecule has 3 rings (SSSR count). The number of anilines is 1. The zero-order valence-corrected chi connectivity index (χ0v) is 21.7. The first-order valence-corrected chi connectivity index (χ1v) is 12.9. The van der Waals surface area contributed by atoms with Crippen molar-refractivity contribution in [2.45, 2.75) is 24.5 Å². The van der Waals surface area contributed by atoms with E-state index >= 15 is 0 Å². The fraction of sp³-hybridized carbons (Fsp3) is 0.500. The molecule has 2 aromatic heterocycles. The third kappa shape index (κ3) is 7.22. The molecule has 8 N–H and O–H groups in total. The Morgan fingerprint density at radius 3 is 2.33 bits per heavy atom. The van der Waals surface area contributed by atoms with Crippen molar-refractivity contribution in [1.29, 1.82) is 0 Å². The first-order valence-electron chi connectivity index (χ1n) is 8.04. The van der Waals surface area contributed by atoms with Gasteiger partial charge in [-0.3, -0.25) is 9.09 Å². The number of ether oxygens (including phenoxy) is 1. The SMILES string of the molecule is Nc1nc(Cl)nc2c1ncn2[C@@H]1O[C@H](COP(=O)(O)OP(=O)(O)OP(=O)(O)O)[C@@H](O)[C@H]1O.[Na]. The van der Waals surface area contributed by atoms with Crippen LogP contribution in [0.5, 0.6) is 0 Å². The van der Waals surface area contributed by atoms with E-state index in [0.717, 1.165) is 10.9 Å². The van der Waals surface area contributed by atoms with Crippen molar-refractivity contribution in [3.63, 3.8) is 0 Å². The summed E-state index contributed by atoms with van der Waals surface area (Å²) in [5.74, 6) is -0.0732. The minimum atomic E-state index is -5.72. The maximum atomic E-state index is 11.8. The van der Waals surface area contributed by atoms with Gasteiger partial charge in [0, 0.05) is 29.6 Å². The summed E-state index contributed by atoms with van der Waals surface area (Å²) in [6.45, 7) is -0.983. The van der Waals surface area contributed by atoms with Crippen LogP contribution < -0.4 is 5.73 Å². The van der Waals surface area contributed by atoms with Crippen molar-refractivity contribution in [3.8, 4) is 0 Å². The summed E-state index contributed by atoms with van der Waals surface area (Å²) < 4.78 is 51.9. The number of rotatable bonds is 8. The van der Waals surface area contributed by atoms with Gasteiger partial charge >= 0.3 is 23.5 Å². The Bertz CT molecular complexity index is 1160. The van der Waals surface area contributed by atoms with Gasteiger partial charge in [-0.25, -0.2) is 18.7 Å². The van der Waals surface area contributed by atoms with Crippen LogP contribution >= 0.6 is 35.1 Å². The predicted molar refractivity (Wildman–Crippen MR) is 106 cm³/mol. The van der Waals surface area contributed by atoms with Crippen LogP contribution in [0.3, 0.4) is 0 Å². The summed E-state index contributed by atoms with van der Waals surface area (Å²) in [6, 6.07) is 0. The number of nitrogens with zero attached hydrogens (tertiary/aromatic N) is 4. The predicted octanol–water partition coefficient (Wildman–Crippen LogP) is -1.36. The number of hydrogen-bond acceptors (Lipinski definition) is 13. The monoisotopic (exact) mass is 564 g/mol. The van der Waals surface area contributed by atoms with Crippen LogP contribution in [0.1, 0.15) is 6.23 Å². The quantitative estimate of drug-likeness (QED) is 0.111. The van der Waals surface area contributed by atoms with Crippen LogP contribution in [0, 0.1) is 0 Å². The number of aromatic nitrogens is 4. The molecule has 2 aromatic rings. The number of aliphatic hydroxyl groups is 2. The van der Waals surface area contributed by atoms with E-state index in [9.17, 15) is 28.8 Å². The number of fused-ring (bicyclic) bond motifs is 1. The maximum Gasteiger partial charge on any atom is 0.490 e. The molecule has 0 aromatic carbocycles.